The number of carbonyl (C=O) groups excluding carboxylic acids is 4. The van der Waals surface area contributed by atoms with E-state index >= 15 is 0 Å². The molecule has 190 valence electrons. The fraction of sp³-hybridized carbons (Fsp3) is 0.429. The standard InChI is InChI=1S/C28H33N3O5/c1-4-36-24-11-10-20(18-31-27(34)21-7-5-6-8-22(21)28(31)35)17-23(24)26(33)30-15-13-29(14-16-30)25(32)12-9-19(2)3/h5-8,10-11,17,19H,4,9,12-16,18H2,1-3H3. The molecule has 2 heterocycles. The van der Waals surface area contributed by atoms with Crippen LogP contribution in [0.4, 0.5) is 0 Å². The van der Waals surface area contributed by atoms with Crippen LogP contribution in [0, 0.1) is 5.92 Å². The molecule has 1 saturated heterocycles. The number of amides is 4. The summed E-state index contributed by atoms with van der Waals surface area (Å²) in [5.74, 6) is 0.211. The van der Waals surface area contributed by atoms with Crippen LogP contribution in [0.15, 0.2) is 42.5 Å². The second-order valence-corrected chi connectivity index (χ2v) is 9.61. The normalized spacial score (nSPS) is 15.5. The quantitative estimate of drug-likeness (QED) is 0.527. The largest absolute Gasteiger partial charge is 0.493 e. The van der Waals surface area contributed by atoms with Gasteiger partial charge in [-0.3, -0.25) is 24.1 Å². The van der Waals surface area contributed by atoms with E-state index in [1.165, 1.54) is 4.90 Å². The lowest BCUT2D eigenvalue weighted by Crippen LogP contribution is -2.50. The molecule has 0 N–H and O–H groups in total. The third-order valence-corrected chi connectivity index (χ3v) is 6.65. The minimum atomic E-state index is -0.337. The van der Waals surface area contributed by atoms with Crippen molar-refractivity contribution in [2.75, 3.05) is 32.8 Å². The topological polar surface area (TPSA) is 87.2 Å². The maximum atomic E-state index is 13.5. The lowest BCUT2D eigenvalue weighted by atomic mass is 10.1. The molecular weight excluding hydrogens is 458 g/mol. The molecule has 36 heavy (non-hydrogen) atoms. The number of nitrogens with zero attached hydrogens (tertiary/aromatic N) is 3. The highest BCUT2D eigenvalue weighted by Crippen LogP contribution is 2.27. The first-order valence-corrected chi connectivity index (χ1v) is 12.6. The number of piperazine rings is 1. The Morgan fingerprint density at radius 3 is 2.11 bits per heavy atom. The number of hydrogen-bond acceptors (Lipinski definition) is 5. The van der Waals surface area contributed by atoms with Crippen LogP contribution in [0.2, 0.25) is 0 Å². The SMILES string of the molecule is CCOc1ccc(CN2C(=O)c3ccccc3C2=O)cc1C(=O)N1CCN(C(=O)CCC(C)C)CC1. The van der Waals surface area contributed by atoms with Gasteiger partial charge in [0.25, 0.3) is 17.7 Å². The van der Waals surface area contributed by atoms with E-state index in [1.807, 2.05) is 11.8 Å². The second kappa shape index (κ2) is 10.9. The van der Waals surface area contributed by atoms with E-state index < -0.39 is 0 Å². The Labute approximate surface area is 211 Å². The lowest BCUT2D eigenvalue weighted by Gasteiger charge is -2.35. The van der Waals surface area contributed by atoms with Crippen LogP contribution in [0.25, 0.3) is 0 Å². The molecule has 4 amide bonds. The van der Waals surface area contributed by atoms with Crippen LogP contribution >= 0.6 is 0 Å². The molecule has 0 spiro atoms. The molecular formula is C28H33N3O5. The van der Waals surface area contributed by atoms with Gasteiger partial charge in [-0.1, -0.05) is 32.0 Å². The zero-order chi connectivity index (χ0) is 25.8. The molecule has 0 unspecified atom stereocenters. The highest BCUT2D eigenvalue weighted by molar-refractivity contribution is 6.21. The van der Waals surface area contributed by atoms with Crippen molar-refractivity contribution in [3.05, 3.63) is 64.7 Å². The molecule has 2 aromatic rings. The summed E-state index contributed by atoms with van der Waals surface area (Å²) in [5, 5.41) is 0. The monoisotopic (exact) mass is 491 g/mol. The molecule has 0 aliphatic carbocycles. The highest BCUT2D eigenvalue weighted by atomic mass is 16.5. The number of imide groups is 1. The summed E-state index contributed by atoms with van der Waals surface area (Å²) in [4.78, 5) is 56.3. The van der Waals surface area contributed by atoms with Gasteiger partial charge in [-0.05, 0) is 49.1 Å². The van der Waals surface area contributed by atoms with E-state index in [9.17, 15) is 19.2 Å². The smallest absolute Gasteiger partial charge is 0.261 e. The predicted octanol–water partition coefficient (Wildman–Crippen LogP) is 3.60. The first-order valence-electron chi connectivity index (χ1n) is 12.6. The Morgan fingerprint density at radius 1 is 0.917 bits per heavy atom. The molecule has 1 fully saturated rings. The summed E-state index contributed by atoms with van der Waals surface area (Å²) in [5.41, 5.74) is 1.85. The fourth-order valence-corrected chi connectivity index (χ4v) is 4.59. The van der Waals surface area contributed by atoms with Crippen LogP contribution in [-0.4, -0.2) is 71.1 Å². The molecule has 4 rings (SSSR count). The van der Waals surface area contributed by atoms with Gasteiger partial charge < -0.3 is 14.5 Å². The van der Waals surface area contributed by atoms with E-state index in [0.29, 0.717) is 73.1 Å². The first kappa shape index (κ1) is 25.4. The Hall–Kier alpha value is -3.68. The molecule has 0 aromatic heterocycles. The lowest BCUT2D eigenvalue weighted by molar-refractivity contribution is -0.132. The van der Waals surface area contributed by atoms with Gasteiger partial charge in [0.2, 0.25) is 5.91 Å². The average Bonchev–Trinajstić information content (AvgIpc) is 3.13. The van der Waals surface area contributed by atoms with Crippen LogP contribution in [0.3, 0.4) is 0 Å². The summed E-state index contributed by atoms with van der Waals surface area (Å²) in [6.07, 6.45) is 1.38. The maximum absolute atomic E-state index is 13.5. The molecule has 0 radical (unpaired) electrons. The molecule has 2 aliphatic rings. The number of carbonyl (C=O) groups is 4. The van der Waals surface area contributed by atoms with Crippen molar-refractivity contribution in [2.45, 2.75) is 40.2 Å². The molecule has 0 atom stereocenters. The van der Waals surface area contributed by atoms with Gasteiger partial charge in [-0.25, -0.2) is 0 Å². The van der Waals surface area contributed by atoms with Gasteiger partial charge in [0.05, 0.1) is 29.8 Å². The summed E-state index contributed by atoms with van der Waals surface area (Å²) in [6, 6.07) is 12.0. The van der Waals surface area contributed by atoms with Gasteiger partial charge >= 0.3 is 0 Å². The predicted molar refractivity (Wildman–Crippen MR) is 135 cm³/mol. The van der Waals surface area contributed by atoms with E-state index in [-0.39, 0.29) is 30.2 Å². The number of rotatable bonds is 8. The van der Waals surface area contributed by atoms with E-state index in [2.05, 4.69) is 13.8 Å². The van der Waals surface area contributed by atoms with Gasteiger partial charge in [-0.2, -0.15) is 0 Å². The molecule has 8 nitrogen and oxygen atoms in total. The molecule has 2 aliphatic heterocycles. The fourth-order valence-electron chi connectivity index (χ4n) is 4.59. The maximum Gasteiger partial charge on any atom is 0.261 e. The van der Waals surface area contributed by atoms with Gasteiger partial charge in [-0.15, -0.1) is 0 Å². The van der Waals surface area contributed by atoms with Crippen molar-refractivity contribution >= 4 is 23.6 Å². The third-order valence-electron chi connectivity index (χ3n) is 6.65. The van der Waals surface area contributed by atoms with Crippen LogP contribution in [0.1, 0.15) is 70.3 Å². The van der Waals surface area contributed by atoms with E-state index in [4.69, 9.17) is 4.74 Å². The van der Waals surface area contributed by atoms with Gasteiger partial charge in [0.1, 0.15) is 5.75 Å². The zero-order valence-electron chi connectivity index (χ0n) is 21.2. The van der Waals surface area contributed by atoms with Crippen molar-refractivity contribution in [3.63, 3.8) is 0 Å². The Morgan fingerprint density at radius 2 is 1.53 bits per heavy atom. The Bertz CT molecular complexity index is 1130. The Balaban J connectivity index is 1.47. The van der Waals surface area contributed by atoms with Crippen molar-refractivity contribution in [1.29, 1.82) is 0 Å². The van der Waals surface area contributed by atoms with Crippen molar-refractivity contribution in [3.8, 4) is 5.75 Å². The van der Waals surface area contributed by atoms with Crippen LogP contribution in [-0.2, 0) is 11.3 Å². The Kier molecular flexibility index (Phi) is 7.72. The van der Waals surface area contributed by atoms with Crippen molar-refractivity contribution in [2.24, 2.45) is 5.92 Å². The third kappa shape index (κ3) is 5.27. The summed E-state index contributed by atoms with van der Waals surface area (Å²) >= 11 is 0. The number of benzene rings is 2. The number of fused-ring (bicyclic) bond motifs is 1. The van der Waals surface area contributed by atoms with E-state index in [1.54, 1.807) is 47.4 Å². The minimum absolute atomic E-state index is 0.0666. The molecule has 0 bridgehead atoms. The van der Waals surface area contributed by atoms with Crippen molar-refractivity contribution in [1.82, 2.24) is 14.7 Å². The van der Waals surface area contributed by atoms with Crippen LogP contribution < -0.4 is 4.74 Å². The molecule has 0 saturated carbocycles. The van der Waals surface area contributed by atoms with Gasteiger partial charge in [0.15, 0.2) is 0 Å². The summed E-state index contributed by atoms with van der Waals surface area (Å²) in [7, 11) is 0. The number of ether oxygens (including phenoxy) is 1. The minimum Gasteiger partial charge on any atom is -0.493 e. The average molecular weight is 492 g/mol. The molecule has 8 heteroatoms. The highest BCUT2D eigenvalue weighted by Gasteiger charge is 2.35. The van der Waals surface area contributed by atoms with E-state index in [0.717, 1.165) is 6.42 Å². The zero-order valence-corrected chi connectivity index (χ0v) is 21.2. The van der Waals surface area contributed by atoms with Crippen molar-refractivity contribution < 1.29 is 23.9 Å². The summed E-state index contributed by atoms with van der Waals surface area (Å²) < 4.78 is 5.72. The second-order valence-electron chi connectivity index (χ2n) is 9.61. The van der Waals surface area contributed by atoms with Gasteiger partial charge in [0, 0.05) is 32.6 Å². The summed E-state index contributed by atoms with van der Waals surface area (Å²) in [6.45, 7) is 8.41. The number of hydrogen-bond donors (Lipinski definition) is 0. The molecule has 2 aromatic carbocycles. The van der Waals surface area contributed by atoms with Crippen LogP contribution in [0.5, 0.6) is 5.75 Å². The first-order chi connectivity index (χ1) is 17.3.